The molecule has 2 heterocycles. The van der Waals surface area contributed by atoms with Gasteiger partial charge in [0.25, 0.3) is 0 Å². The Morgan fingerprint density at radius 2 is 1.38 bits per heavy atom. The number of hydrogen-bond acceptors (Lipinski definition) is 18. The first-order valence-electron chi connectivity index (χ1n) is 24.0. The average Bonchev–Trinajstić information content (AvgIpc) is 3.37. The van der Waals surface area contributed by atoms with Crippen LogP contribution in [-0.2, 0) is 82.9 Å². The molecule has 4 rings (SSSR count). The van der Waals surface area contributed by atoms with E-state index in [1.54, 1.807) is 27.7 Å². The Balaban J connectivity index is 1.42. The molecule has 0 aromatic heterocycles. The number of methoxy groups -OCH3 is 3. The van der Waals surface area contributed by atoms with Crippen LogP contribution in [0.5, 0.6) is 0 Å². The van der Waals surface area contributed by atoms with Crippen LogP contribution in [-0.4, -0.2) is 154 Å². The van der Waals surface area contributed by atoms with Crippen LogP contribution in [0.4, 0.5) is 4.79 Å². The molecular weight excluding hydrogens is 989 g/mol. The van der Waals surface area contributed by atoms with E-state index < -0.39 is 133 Å². The van der Waals surface area contributed by atoms with Gasteiger partial charge < -0.3 is 69.8 Å². The summed E-state index contributed by atoms with van der Waals surface area (Å²) in [6.07, 6.45) is -4.54. The number of fused-ring (bicyclic) bond motifs is 1. The van der Waals surface area contributed by atoms with Crippen LogP contribution in [0.25, 0.3) is 0 Å². The Bertz CT molecular complexity index is 2220. The molecule has 6 N–H and O–H groups in total. The molecule has 0 radical (unpaired) electrons. The molecule has 408 valence electrons. The Morgan fingerprint density at radius 3 is 2.00 bits per heavy atom. The molecule has 2 aromatic carbocycles. The topological polar surface area (TPSA) is 300 Å². The summed E-state index contributed by atoms with van der Waals surface area (Å²) in [4.78, 5) is 117. The Labute approximate surface area is 434 Å². The minimum absolute atomic E-state index is 0.121. The average molecular weight is 1060 g/mol. The highest BCUT2D eigenvalue weighted by Gasteiger charge is 2.51. The molecule has 3 unspecified atom stereocenters. The summed E-state index contributed by atoms with van der Waals surface area (Å²) in [6.45, 7) is 9.11. The van der Waals surface area contributed by atoms with Crippen molar-refractivity contribution in [3.8, 4) is 0 Å². The molecule has 0 saturated carbocycles. The lowest BCUT2D eigenvalue weighted by Gasteiger charge is -2.50. The quantitative estimate of drug-likeness (QED) is 0.0609. The van der Waals surface area contributed by atoms with E-state index in [0.29, 0.717) is 0 Å². The molecule has 2 aromatic rings. The highest BCUT2D eigenvalue weighted by Crippen LogP contribution is 2.40. The summed E-state index contributed by atoms with van der Waals surface area (Å²) >= 11 is 0.984. The first kappa shape index (κ1) is 60.2. The van der Waals surface area contributed by atoms with Crippen molar-refractivity contribution in [3.63, 3.8) is 0 Å². The van der Waals surface area contributed by atoms with Crippen molar-refractivity contribution in [1.29, 1.82) is 0 Å². The maximum absolute atomic E-state index is 13.9. The van der Waals surface area contributed by atoms with Crippen LogP contribution in [0, 0.1) is 11.8 Å². The molecular formula is C50H70N6O17S. The molecule has 11 atom stereocenters. The van der Waals surface area contributed by atoms with Gasteiger partial charge >= 0.3 is 24.0 Å². The molecule has 2 saturated heterocycles. The highest BCUT2D eigenvalue weighted by molar-refractivity contribution is 7.99. The molecule has 2 aliphatic rings. The van der Waals surface area contributed by atoms with E-state index in [0.717, 1.165) is 44.2 Å². The van der Waals surface area contributed by atoms with Gasteiger partial charge in [0, 0.05) is 42.2 Å². The third-order valence-corrected chi connectivity index (χ3v) is 12.7. The highest BCUT2D eigenvalue weighted by atomic mass is 32.2. The molecule has 74 heavy (non-hydrogen) atoms. The number of thioether (sulfide) groups is 1. The molecule has 23 nitrogen and oxygen atoms in total. The zero-order valence-corrected chi connectivity index (χ0v) is 43.9. The molecule has 2 aliphatic heterocycles. The van der Waals surface area contributed by atoms with Crippen molar-refractivity contribution in [2.45, 2.75) is 128 Å². The maximum Gasteiger partial charge on any atom is 0.408 e. The second-order valence-corrected chi connectivity index (χ2v) is 19.6. The summed E-state index contributed by atoms with van der Waals surface area (Å²) in [5.41, 5.74) is 0.761. The molecule has 6 amide bonds. The third-order valence-electron chi connectivity index (χ3n) is 11.6. The lowest BCUT2D eigenvalue weighted by Crippen LogP contribution is -2.64. The van der Waals surface area contributed by atoms with Gasteiger partial charge in [-0.25, -0.2) is 14.4 Å². The van der Waals surface area contributed by atoms with E-state index in [2.05, 4.69) is 36.6 Å². The second kappa shape index (κ2) is 29.5. The van der Waals surface area contributed by atoms with Crippen molar-refractivity contribution < 1.29 is 81.0 Å². The van der Waals surface area contributed by atoms with Gasteiger partial charge in [0.15, 0.2) is 12.6 Å². The SMILES string of the molecule is COC(=O)CNC(=O)[C@@H](CSC[C@H](NC(=O)OC(C)(C)C)C(=O)OC)NC(=O)CC[C@@H](NC(=O)[C@H](C)NC(=O)[C@@H](C)C[C@@H]1C(NC(C)=O)[C@@H](OCc2ccccc2)OC2COC(c3ccccc3)O[C@H]21)C(=O)OC. The van der Waals surface area contributed by atoms with Gasteiger partial charge in [-0.05, 0) is 46.1 Å². The van der Waals surface area contributed by atoms with Crippen LogP contribution in [0.2, 0.25) is 0 Å². The smallest absolute Gasteiger partial charge is 0.408 e. The van der Waals surface area contributed by atoms with Gasteiger partial charge in [-0.1, -0.05) is 67.6 Å². The molecule has 0 aliphatic carbocycles. The van der Waals surface area contributed by atoms with Crippen LogP contribution in [0.3, 0.4) is 0 Å². The van der Waals surface area contributed by atoms with E-state index in [-0.39, 0.29) is 43.5 Å². The summed E-state index contributed by atoms with van der Waals surface area (Å²) < 4.78 is 44.9. The maximum atomic E-state index is 13.9. The largest absolute Gasteiger partial charge is 0.468 e. The van der Waals surface area contributed by atoms with E-state index in [9.17, 15) is 43.2 Å². The lowest BCUT2D eigenvalue weighted by molar-refractivity contribution is -0.339. The van der Waals surface area contributed by atoms with Gasteiger partial charge in [0.2, 0.25) is 29.5 Å². The van der Waals surface area contributed by atoms with Gasteiger partial charge in [0.05, 0.1) is 46.7 Å². The first-order valence-corrected chi connectivity index (χ1v) is 25.2. The van der Waals surface area contributed by atoms with Crippen LogP contribution in [0.1, 0.15) is 78.2 Å². The number of hydrogen-bond donors (Lipinski definition) is 6. The number of rotatable bonds is 25. The number of amides is 6. The van der Waals surface area contributed by atoms with Gasteiger partial charge in [-0.3, -0.25) is 28.8 Å². The van der Waals surface area contributed by atoms with Crippen LogP contribution < -0.4 is 31.9 Å². The summed E-state index contributed by atoms with van der Waals surface area (Å²) in [5.74, 6) is -7.34. The van der Waals surface area contributed by atoms with Gasteiger partial charge in [-0.2, -0.15) is 11.8 Å². The number of esters is 3. The molecule has 0 bridgehead atoms. The number of carbonyl (C=O) groups excluding carboxylic acids is 9. The predicted octanol–water partition coefficient (Wildman–Crippen LogP) is 1.71. The Kier molecular flexibility index (Phi) is 24.0. The lowest BCUT2D eigenvalue weighted by atomic mass is 9.80. The van der Waals surface area contributed by atoms with E-state index in [1.165, 1.54) is 13.8 Å². The third kappa shape index (κ3) is 19.5. The predicted molar refractivity (Wildman–Crippen MR) is 265 cm³/mol. The minimum Gasteiger partial charge on any atom is -0.468 e. The molecule has 24 heteroatoms. The monoisotopic (exact) mass is 1060 g/mol. The Morgan fingerprint density at radius 1 is 0.743 bits per heavy atom. The first-order chi connectivity index (χ1) is 35.1. The zero-order valence-electron chi connectivity index (χ0n) is 43.1. The Hall–Kier alpha value is -6.34. The second-order valence-electron chi connectivity index (χ2n) is 18.6. The fourth-order valence-corrected chi connectivity index (χ4v) is 8.90. The standard InChI is InChI=1S/C50H70N6O17S/c1-28(22-33-40(53-30(3)57)48(69-24-31-16-12-10-13-17-31)71-37-25-70-47(72-41(33)37)32-18-14-11-15-19-32)42(60)52-29(2)43(61)55-34(45(63)67-8)20-21-38(58)54-35(44(62)51-23-39(59)66-7)26-74-27-36(46(64)68-9)56-49(65)73-50(4,5)6/h10-19,28-29,33-37,40-41,47-48H,20-27H2,1-9H3,(H,51,62)(H,52,60)(H,53,57)(H,54,58)(H,55,61)(H,56,65)/t28-,29-,33+,34+,35+,36-,37?,40?,41-,47?,48-/m0/s1. The summed E-state index contributed by atoms with van der Waals surface area (Å²) in [7, 11) is 3.33. The van der Waals surface area contributed by atoms with Crippen molar-refractivity contribution in [1.82, 2.24) is 31.9 Å². The van der Waals surface area contributed by atoms with E-state index in [1.807, 2.05) is 60.7 Å². The fourth-order valence-electron chi connectivity index (χ4n) is 7.84. The molecule has 2 fully saturated rings. The van der Waals surface area contributed by atoms with Crippen molar-refractivity contribution in [2.24, 2.45) is 11.8 Å². The summed E-state index contributed by atoms with van der Waals surface area (Å²) in [6, 6.07) is 12.8. The minimum atomic E-state index is -1.38. The molecule has 0 spiro atoms. The van der Waals surface area contributed by atoms with Gasteiger partial charge in [0.1, 0.15) is 42.4 Å². The number of alkyl carbamates (subject to hydrolysis) is 1. The number of benzene rings is 2. The number of nitrogens with one attached hydrogen (secondary N) is 6. The zero-order chi connectivity index (χ0) is 54.5. The van der Waals surface area contributed by atoms with Crippen LogP contribution in [0.15, 0.2) is 60.7 Å². The fraction of sp³-hybridized carbons (Fsp3) is 0.580. The summed E-state index contributed by atoms with van der Waals surface area (Å²) in [5, 5.41) is 15.5. The van der Waals surface area contributed by atoms with Crippen molar-refractivity contribution in [3.05, 3.63) is 71.8 Å². The number of ether oxygens (including phenoxy) is 8. The number of carbonyl (C=O) groups is 9. The van der Waals surface area contributed by atoms with Crippen molar-refractivity contribution in [2.75, 3.05) is 46.0 Å². The van der Waals surface area contributed by atoms with Gasteiger partial charge in [-0.15, -0.1) is 0 Å². The van der Waals surface area contributed by atoms with Crippen molar-refractivity contribution >= 4 is 65.3 Å². The van der Waals surface area contributed by atoms with E-state index in [4.69, 9.17) is 33.2 Å². The van der Waals surface area contributed by atoms with Crippen LogP contribution >= 0.6 is 11.8 Å². The normalized spacial score (nSPS) is 21.3. The van der Waals surface area contributed by atoms with E-state index >= 15 is 0 Å².